The van der Waals surface area contributed by atoms with Crippen LogP contribution in [0.5, 0.6) is 5.75 Å². The summed E-state index contributed by atoms with van der Waals surface area (Å²) in [5.74, 6) is 0.890. The van der Waals surface area contributed by atoms with Crippen molar-refractivity contribution >= 4 is 16.9 Å². The van der Waals surface area contributed by atoms with Crippen LogP contribution in [-0.4, -0.2) is 22.1 Å². The van der Waals surface area contributed by atoms with E-state index in [1.807, 2.05) is 38.2 Å². The molecular formula is C16H15N3O. The van der Waals surface area contributed by atoms with E-state index in [2.05, 4.69) is 21.4 Å². The molecule has 1 aromatic heterocycles. The molecule has 0 spiro atoms. The zero-order valence-corrected chi connectivity index (χ0v) is 11.4. The molecule has 0 aliphatic heterocycles. The molecule has 0 atom stereocenters. The zero-order valence-electron chi connectivity index (χ0n) is 11.4. The van der Waals surface area contributed by atoms with Crippen molar-refractivity contribution in [2.24, 2.45) is 0 Å². The summed E-state index contributed by atoms with van der Waals surface area (Å²) in [6.45, 7) is 1.97. The third-order valence-electron chi connectivity index (χ3n) is 3.29. The average molecular weight is 265 g/mol. The fourth-order valence-electron chi connectivity index (χ4n) is 2.26. The highest BCUT2D eigenvalue weighted by molar-refractivity contribution is 5.87. The fourth-order valence-corrected chi connectivity index (χ4v) is 2.26. The molecule has 2 aromatic carbocycles. The molecule has 0 aliphatic rings. The van der Waals surface area contributed by atoms with E-state index in [1.165, 1.54) is 0 Å². The van der Waals surface area contributed by atoms with Gasteiger partial charge in [0.25, 0.3) is 0 Å². The van der Waals surface area contributed by atoms with Gasteiger partial charge in [-0.15, -0.1) is 0 Å². The van der Waals surface area contributed by atoms with Gasteiger partial charge in [-0.3, -0.25) is 0 Å². The first-order valence-corrected chi connectivity index (χ1v) is 6.43. The highest BCUT2D eigenvalue weighted by Gasteiger charge is 2.06. The Labute approximate surface area is 117 Å². The van der Waals surface area contributed by atoms with E-state index >= 15 is 0 Å². The number of hydrogen-bond acceptors (Lipinski definition) is 4. The molecule has 0 saturated heterocycles. The molecule has 0 saturated carbocycles. The smallest absolute Gasteiger partial charge is 0.223 e. The molecule has 4 heteroatoms. The number of aryl methyl sites for hydroxylation is 1. The molecule has 3 rings (SSSR count). The maximum absolute atomic E-state index is 9.58. The number of aromatic nitrogens is 2. The largest absolute Gasteiger partial charge is 0.508 e. The molecule has 0 bridgehead atoms. The predicted molar refractivity (Wildman–Crippen MR) is 80.9 cm³/mol. The molecule has 4 nitrogen and oxygen atoms in total. The van der Waals surface area contributed by atoms with Gasteiger partial charge in [-0.25, -0.2) is 9.97 Å². The van der Waals surface area contributed by atoms with Gasteiger partial charge in [-0.2, -0.15) is 0 Å². The van der Waals surface area contributed by atoms with Gasteiger partial charge in [-0.1, -0.05) is 18.2 Å². The number of nitrogens with one attached hydrogen (secondary N) is 1. The molecule has 20 heavy (non-hydrogen) atoms. The van der Waals surface area contributed by atoms with Gasteiger partial charge >= 0.3 is 0 Å². The first-order chi connectivity index (χ1) is 9.67. The van der Waals surface area contributed by atoms with Crippen molar-refractivity contribution < 1.29 is 5.11 Å². The molecule has 0 radical (unpaired) electrons. The number of anilines is 1. The third kappa shape index (κ3) is 2.16. The molecule has 2 N–H and O–H groups in total. The molecular weight excluding hydrogens is 250 g/mol. The van der Waals surface area contributed by atoms with Gasteiger partial charge in [0.15, 0.2) is 0 Å². The number of benzene rings is 2. The maximum atomic E-state index is 9.58. The summed E-state index contributed by atoms with van der Waals surface area (Å²) in [7, 11) is 1.81. The molecule has 1 heterocycles. The van der Waals surface area contributed by atoms with E-state index in [0.29, 0.717) is 5.95 Å². The van der Waals surface area contributed by atoms with Crippen molar-refractivity contribution in [1.82, 2.24) is 9.97 Å². The second-order valence-corrected chi connectivity index (χ2v) is 4.66. The summed E-state index contributed by atoms with van der Waals surface area (Å²) in [5.41, 5.74) is 3.86. The summed E-state index contributed by atoms with van der Waals surface area (Å²) in [6, 6.07) is 13.3. The Kier molecular flexibility index (Phi) is 2.99. The van der Waals surface area contributed by atoms with Crippen LogP contribution >= 0.6 is 0 Å². The lowest BCUT2D eigenvalue weighted by atomic mass is 10.0. The standard InChI is InChI=1S/C16H15N3O/c1-10-14-9-12(11-4-3-5-13(20)8-11)6-7-15(14)19-16(17-2)18-10/h3-9,20H,1-2H3,(H,17,18,19). The van der Waals surface area contributed by atoms with Crippen LogP contribution < -0.4 is 5.32 Å². The number of phenols is 1. The highest BCUT2D eigenvalue weighted by Crippen LogP contribution is 2.27. The van der Waals surface area contributed by atoms with Crippen LogP contribution in [0, 0.1) is 6.92 Å². The number of nitrogens with zero attached hydrogens (tertiary/aromatic N) is 2. The quantitative estimate of drug-likeness (QED) is 0.746. The summed E-state index contributed by atoms with van der Waals surface area (Å²) in [5, 5.41) is 13.6. The van der Waals surface area contributed by atoms with Crippen molar-refractivity contribution in [2.45, 2.75) is 6.92 Å². The Balaban J connectivity index is 2.18. The first-order valence-electron chi connectivity index (χ1n) is 6.43. The normalized spacial score (nSPS) is 10.7. The summed E-state index contributed by atoms with van der Waals surface area (Å²) in [4.78, 5) is 8.84. The number of fused-ring (bicyclic) bond motifs is 1. The van der Waals surface area contributed by atoms with Crippen molar-refractivity contribution in [3.05, 3.63) is 48.2 Å². The average Bonchev–Trinajstić information content (AvgIpc) is 2.46. The number of hydrogen-bond donors (Lipinski definition) is 2. The minimum Gasteiger partial charge on any atom is -0.508 e. The van der Waals surface area contributed by atoms with Crippen LogP contribution in [0.2, 0.25) is 0 Å². The lowest BCUT2D eigenvalue weighted by Gasteiger charge is -2.08. The number of phenolic OH excluding ortho intramolecular Hbond substituents is 1. The van der Waals surface area contributed by atoms with Crippen molar-refractivity contribution in [3.63, 3.8) is 0 Å². The second kappa shape index (κ2) is 4.81. The number of rotatable bonds is 2. The van der Waals surface area contributed by atoms with E-state index in [9.17, 15) is 5.11 Å². The lowest BCUT2D eigenvalue weighted by molar-refractivity contribution is 0.475. The second-order valence-electron chi connectivity index (χ2n) is 4.66. The Morgan fingerprint density at radius 3 is 2.55 bits per heavy atom. The van der Waals surface area contributed by atoms with Crippen LogP contribution in [0.1, 0.15) is 5.69 Å². The Hall–Kier alpha value is -2.62. The SMILES string of the molecule is CNc1nc(C)c2cc(-c3cccc(O)c3)ccc2n1. The van der Waals surface area contributed by atoms with Crippen molar-refractivity contribution in [2.75, 3.05) is 12.4 Å². The zero-order chi connectivity index (χ0) is 14.1. The summed E-state index contributed by atoms with van der Waals surface area (Å²) in [6.07, 6.45) is 0. The van der Waals surface area contributed by atoms with E-state index < -0.39 is 0 Å². The van der Waals surface area contributed by atoms with Gasteiger partial charge in [0.05, 0.1) is 11.2 Å². The van der Waals surface area contributed by atoms with E-state index in [1.54, 1.807) is 12.1 Å². The van der Waals surface area contributed by atoms with E-state index in [-0.39, 0.29) is 5.75 Å². The fraction of sp³-hybridized carbons (Fsp3) is 0.125. The Morgan fingerprint density at radius 2 is 1.80 bits per heavy atom. The van der Waals surface area contributed by atoms with Gasteiger partial charge in [0.1, 0.15) is 5.75 Å². The highest BCUT2D eigenvalue weighted by atomic mass is 16.3. The van der Waals surface area contributed by atoms with Crippen LogP contribution in [0.4, 0.5) is 5.95 Å². The minimum absolute atomic E-state index is 0.265. The minimum atomic E-state index is 0.265. The van der Waals surface area contributed by atoms with Crippen LogP contribution in [0.25, 0.3) is 22.0 Å². The molecule has 0 amide bonds. The predicted octanol–water partition coefficient (Wildman–Crippen LogP) is 3.35. The molecule has 0 aliphatic carbocycles. The molecule has 100 valence electrons. The molecule has 0 fully saturated rings. The van der Waals surface area contributed by atoms with Crippen molar-refractivity contribution in [3.8, 4) is 16.9 Å². The maximum Gasteiger partial charge on any atom is 0.223 e. The van der Waals surface area contributed by atoms with Crippen molar-refractivity contribution in [1.29, 1.82) is 0 Å². The topological polar surface area (TPSA) is 58.0 Å². The van der Waals surface area contributed by atoms with E-state index in [4.69, 9.17) is 0 Å². The third-order valence-corrected chi connectivity index (χ3v) is 3.29. The molecule has 0 unspecified atom stereocenters. The van der Waals surface area contributed by atoms with Gasteiger partial charge in [-0.05, 0) is 42.3 Å². The first kappa shape index (κ1) is 12.4. The van der Waals surface area contributed by atoms with E-state index in [0.717, 1.165) is 27.7 Å². The molecule has 3 aromatic rings. The number of aromatic hydroxyl groups is 1. The van der Waals surface area contributed by atoms with Crippen LogP contribution in [-0.2, 0) is 0 Å². The van der Waals surface area contributed by atoms with Crippen LogP contribution in [0.3, 0.4) is 0 Å². The Morgan fingerprint density at radius 1 is 1.00 bits per heavy atom. The summed E-state index contributed by atoms with van der Waals surface area (Å²) < 4.78 is 0. The summed E-state index contributed by atoms with van der Waals surface area (Å²) >= 11 is 0. The Bertz CT molecular complexity index is 784. The monoisotopic (exact) mass is 265 g/mol. The van der Waals surface area contributed by atoms with Gasteiger partial charge < -0.3 is 10.4 Å². The lowest BCUT2D eigenvalue weighted by Crippen LogP contribution is -1.98. The van der Waals surface area contributed by atoms with Gasteiger partial charge in [0, 0.05) is 12.4 Å². The van der Waals surface area contributed by atoms with Gasteiger partial charge in [0.2, 0.25) is 5.95 Å². The van der Waals surface area contributed by atoms with Crippen LogP contribution in [0.15, 0.2) is 42.5 Å².